The first-order valence-electron chi connectivity index (χ1n) is 4.39. The van der Waals surface area contributed by atoms with Crippen LogP contribution in [0.1, 0.15) is 18.4 Å². The molecule has 1 fully saturated rings. The number of methoxy groups -OCH3 is 1. The summed E-state index contributed by atoms with van der Waals surface area (Å²) < 4.78 is 18.7. The van der Waals surface area contributed by atoms with E-state index >= 15 is 0 Å². The van der Waals surface area contributed by atoms with E-state index in [-0.39, 0.29) is 11.4 Å². The molecular weight excluding hydrogens is 249 g/mol. The predicted molar refractivity (Wildman–Crippen MR) is 55.8 cm³/mol. The van der Waals surface area contributed by atoms with E-state index in [0.717, 1.165) is 18.4 Å². The Morgan fingerprint density at radius 1 is 1.50 bits per heavy atom. The third-order valence-corrected chi connectivity index (χ3v) is 3.18. The average Bonchev–Trinajstić information content (AvgIpc) is 2.89. The smallest absolute Gasteiger partial charge is 0.141 e. The van der Waals surface area contributed by atoms with Gasteiger partial charge in [-0.25, -0.2) is 4.39 Å². The summed E-state index contributed by atoms with van der Waals surface area (Å²) in [6, 6.07) is 3.08. The predicted octanol–water partition coefficient (Wildman–Crippen LogP) is 2.54. The van der Waals surface area contributed by atoms with E-state index in [4.69, 9.17) is 10.5 Å². The van der Waals surface area contributed by atoms with E-state index in [1.54, 1.807) is 6.07 Å². The van der Waals surface area contributed by atoms with Gasteiger partial charge in [0.15, 0.2) is 0 Å². The highest BCUT2D eigenvalue weighted by Crippen LogP contribution is 2.47. The van der Waals surface area contributed by atoms with Gasteiger partial charge < -0.3 is 10.5 Å². The molecule has 0 bridgehead atoms. The van der Waals surface area contributed by atoms with Crippen LogP contribution in [0.25, 0.3) is 0 Å². The van der Waals surface area contributed by atoms with Crippen molar-refractivity contribution in [2.75, 3.05) is 7.11 Å². The van der Waals surface area contributed by atoms with Crippen LogP contribution in [-0.2, 0) is 5.54 Å². The van der Waals surface area contributed by atoms with Gasteiger partial charge in [0, 0.05) is 17.2 Å². The van der Waals surface area contributed by atoms with Gasteiger partial charge >= 0.3 is 0 Å². The van der Waals surface area contributed by atoms with Crippen molar-refractivity contribution in [3.05, 3.63) is 28.0 Å². The molecule has 0 heterocycles. The molecule has 0 amide bonds. The molecule has 4 heteroatoms. The Labute approximate surface area is 90.4 Å². The molecular formula is C10H11BrFNO. The number of benzene rings is 1. The first-order valence-corrected chi connectivity index (χ1v) is 5.18. The summed E-state index contributed by atoms with van der Waals surface area (Å²) in [5, 5.41) is 0. The van der Waals surface area contributed by atoms with Gasteiger partial charge in [-0.2, -0.15) is 0 Å². The lowest BCUT2D eigenvalue weighted by Gasteiger charge is -2.14. The zero-order valence-corrected chi connectivity index (χ0v) is 9.40. The van der Waals surface area contributed by atoms with E-state index in [2.05, 4.69) is 15.9 Å². The molecule has 76 valence electrons. The summed E-state index contributed by atoms with van der Waals surface area (Å²) >= 11 is 3.14. The molecule has 14 heavy (non-hydrogen) atoms. The minimum Gasteiger partial charge on any atom is -0.496 e. The molecule has 2 rings (SSSR count). The van der Waals surface area contributed by atoms with Crippen LogP contribution in [0.5, 0.6) is 5.75 Å². The van der Waals surface area contributed by atoms with Crippen LogP contribution in [0, 0.1) is 5.82 Å². The summed E-state index contributed by atoms with van der Waals surface area (Å²) in [6.07, 6.45) is 1.86. The second kappa shape index (κ2) is 3.21. The summed E-state index contributed by atoms with van der Waals surface area (Å²) in [7, 11) is 1.53. The van der Waals surface area contributed by atoms with Crippen molar-refractivity contribution in [2.45, 2.75) is 18.4 Å². The Balaban J connectivity index is 2.52. The molecule has 2 nitrogen and oxygen atoms in total. The fourth-order valence-electron chi connectivity index (χ4n) is 1.49. The van der Waals surface area contributed by atoms with Gasteiger partial charge in [-0.15, -0.1) is 0 Å². The van der Waals surface area contributed by atoms with Crippen molar-refractivity contribution in [2.24, 2.45) is 5.73 Å². The molecule has 0 aliphatic heterocycles. The Morgan fingerprint density at radius 2 is 2.14 bits per heavy atom. The lowest BCUT2D eigenvalue weighted by Crippen LogP contribution is -2.19. The molecule has 1 aromatic carbocycles. The Bertz CT molecular complexity index is 377. The van der Waals surface area contributed by atoms with Gasteiger partial charge in [0.25, 0.3) is 0 Å². The quantitative estimate of drug-likeness (QED) is 0.886. The van der Waals surface area contributed by atoms with Gasteiger partial charge in [-0.3, -0.25) is 0 Å². The molecule has 0 atom stereocenters. The van der Waals surface area contributed by atoms with E-state index in [1.807, 2.05) is 0 Å². The Hall–Kier alpha value is -0.610. The monoisotopic (exact) mass is 259 g/mol. The highest BCUT2D eigenvalue weighted by Gasteiger charge is 2.42. The second-order valence-corrected chi connectivity index (χ2v) is 4.48. The molecule has 0 radical (unpaired) electrons. The molecule has 0 aromatic heterocycles. The molecule has 2 N–H and O–H groups in total. The van der Waals surface area contributed by atoms with Crippen molar-refractivity contribution in [3.8, 4) is 5.75 Å². The number of ether oxygens (including phenoxy) is 1. The zero-order chi connectivity index (χ0) is 10.3. The number of halogens is 2. The first kappa shape index (κ1) is 9.93. The van der Waals surface area contributed by atoms with Crippen LogP contribution in [-0.4, -0.2) is 7.11 Å². The Kier molecular flexibility index (Phi) is 2.27. The number of hydrogen-bond donors (Lipinski definition) is 1. The summed E-state index contributed by atoms with van der Waals surface area (Å²) in [5.41, 5.74) is 6.62. The maximum atomic E-state index is 13.2. The fourth-order valence-corrected chi connectivity index (χ4v) is 1.83. The van der Waals surface area contributed by atoms with Gasteiger partial charge in [-0.05, 0) is 34.8 Å². The molecule has 1 aliphatic rings. The van der Waals surface area contributed by atoms with E-state index in [9.17, 15) is 4.39 Å². The largest absolute Gasteiger partial charge is 0.496 e. The normalized spacial score (nSPS) is 18.0. The first-order chi connectivity index (χ1) is 6.57. The van der Waals surface area contributed by atoms with Gasteiger partial charge in [0.1, 0.15) is 11.6 Å². The number of rotatable bonds is 2. The maximum absolute atomic E-state index is 13.2. The van der Waals surface area contributed by atoms with E-state index in [0.29, 0.717) is 10.2 Å². The molecule has 1 aromatic rings. The third-order valence-electron chi connectivity index (χ3n) is 2.57. The van der Waals surface area contributed by atoms with Crippen molar-refractivity contribution < 1.29 is 9.13 Å². The standard InChI is InChI=1S/C10H11BrFNO/c1-14-9-5-8(12)7(11)4-6(9)10(13)2-3-10/h4-5H,2-3,13H2,1H3. The van der Waals surface area contributed by atoms with Crippen LogP contribution >= 0.6 is 15.9 Å². The molecule has 1 saturated carbocycles. The minimum atomic E-state index is -0.324. The van der Waals surface area contributed by atoms with Gasteiger partial charge in [-0.1, -0.05) is 0 Å². The van der Waals surface area contributed by atoms with Crippen LogP contribution in [0.3, 0.4) is 0 Å². The minimum absolute atomic E-state index is 0.304. The number of hydrogen-bond acceptors (Lipinski definition) is 2. The van der Waals surface area contributed by atoms with E-state index in [1.165, 1.54) is 13.2 Å². The summed E-state index contributed by atoms with van der Waals surface area (Å²) in [6.45, 7) is 0. The molecule has 0 spiro atoms. The highest BCUT2D eigenvalue weighted by molar-refractivity contribution is 9.10. The van der Waals surface area contributed by atoms with Crippen LogP contribution in [0.15, 0.2) is 16.6 Å². The topological polar surface area (TPSA) is 35.2 Å². The van der Waals surface area contributed by atoms with Crippen LogP contribution < -0.4 is 10.5 Å². The fraction of sp³-hybridized carbons (Fsp3) is 0.400. The van der Waals surface area contributed by atoms with Crippen LogP contribution in [0.2, 0.25) is 0 Å². The highest BCUT2D eigenvalue weighted by atomic mass is 79.9. The van der Waals surface area contributed by atoms with Crippen LogP contribution in [0.4, 0.5) is 4.39 Å². The van der Waals surface area contributed by atoms with Crippen molar-refractivity contribution in [3.63, 3.8) is 0 Å². The Morgan fingerprint density at radius 3 is 2.64 bits per heavy atom. The van der Waals surface area contributed by atoms with E-state index < -0.39 is 0 Å². The lowest BCUT2D eigenvalue weighted by molar-refractivity contribution is 0.400. The summed E-state index contributed by atoms with van der Waals surface area (Å²) in [5.74, 6) is 0.209. The maximum Gasteiger partial charge on any atom is 0.141 e. The number of nitrogens with two attached hydrogens (primary N) is 1. The third kappa shape index (κ3) is 1.53. The van der Waals surface area contributed by atoms with Crippen molar-refractivity contribution >= 4 is 15.9 Å². The molecule has 0 unspecified atom stereocenters. The van der Waals surface area contributed by atoms with Gasteiger partial charge in [0.05, 0.1) is 11.6 Å². The second-order valence-electron chi connectivity index (χ2n) is 3.62. The van der Waals surface area contributed by atoms with Crippen molar-refractivity contribution in [1.29, 1.82) is 0 Å². The SMILES string of the molecule is COc1cc(F)c(Br)cc1C1(N)CC1. The molecule has 1 aliphatic carbocycles. The summed E-state index contributed by atoms with van der Waals surface area (Å²) in [4.78, 5) is 0. The van der Waals surface area contributed by atoms with Crippen molar-refractivity contribution in [1.82, 2.24) is 0 Å². The van der Waals surface area contributed by atoms with Gasteiger partial charge in [0.2, 0.25) is 0 Å². The zero-order valence-electron chi connectivity index (χ0n) is 7.81. The lowest BCUT2D eigenvalue weighted by atomic mass is 10.0. The average molecular weight is 260 g/mol. The molecule has 0 saturated heterocycles.